The van der Waals surface area contributed by atoms with Gasteiger partial charge in [0.05, 0.1) is 0 Å². The summed E-state index contributed by atoms with van der Waals surface area (Å²) < 4.78 is 4.80. The number of hydrogen-bond donors (Lipinski definition) is 4. The highest BCUT2D eigenvalue weighted by molar-refractivity contribution is 5.77. The quantitative estimate of drug-likeness (QED) is 0.343. The number of rotatable bonds is 0. The van der Waals surface area contributed by atoms with Crippen LogP contribution < -0.4 is 0 Å². The van der Waals surface area contributed by atoms with Crippen LogP contribution in [0.4, 0.5) is 0 Å². The van der Waals surface area contributed by atoms with Crippen molar-refractivity contribution in [3.8, 4) is 0 Å². The molecule has 0 aromatic rings. The summed E-state index contributed by atoms with van der Waals surface area (Å²) in [6.07, 6.45) is -6.03. The highest BCUT2D eigenvalue weighted by atomic mass is 16.6. The number of carbonyl (C=O) groups is 1. The van der Waals surface area contributed by atoms with Crippen molar-refractivity contribution in [2.75, 3.05) is 0 Å². The maximum atomic E-state index is 11.2. The van der Waals surface area contributed by atoms with Gasteiger partial charge in [-0.1, -0.05) is 13.8 Å². The van der Waals surface area contributed by atoms with E-state index in [-0.39, 0.29) is 0 Å². The van der Waals surface area contributed by atoms with E-state index in [1.165, 1.54) is 0 Å². The van der Waals surface area contributed by atoms with E-state index < -0.39 is 41.4 Å². The van der Waals surface area contributed by atoms with Gasteiger partial charge in [-0.05, 0) is 0 Å². The molecule has 0 spiro atoms. The molecule has 0 aromatic carbocycles. The summed E-state index contributed by atoms with van der Waals surface area (Å²) in [5, 5.41) is 38.3. The number of esters is 1. The minimum Gasteiger partial charge on any atom is -0.456 e. The Hall–Kier alpha value is -0.690. The highest BCUT2D eigenvalue weighted by Gasteiger charge is 2.79. The van der Waals surface area contributed by atoms with Gasteiger partial charge in [0.15, 0.2) is 6.10 Å². The topological polar surface area (TPSA) is 107 Å². The van der Waals surface area contributed by atoms with Gasteiger partial charge in [-0.25, -0.2) is 4.79 Å². The molecule has 15 heavy (non-hydrogen) atoms. The normalized spacial score (nSPS) is 52.8. The second kappa shape index (κ2) is 2.70. The Morgan fingerprint density at radius 2 is 1.80 bits per heavy atom. The smallest absolute Gasteiger partial charge is 0.338 e. The maximum Gasteiger partial charge on any atom is 0.338 e. The van der Waals surface area contributed by atoms with Crippen molar-refractivity contribution < 1.29 is 30.0 Å². The monoisotopic (exact) mass is 218 g/mol. The van der Waals surface area contributed by atoms with E-state index in [4.69, 9.17) is 4.74 Å². The lowest BCUT2D eigenvalue weighted by Crippen LogP contribution is -2.49. The standard InChI is InChI=1S/C9H14O6/c1-8(2)7-9(8,14)5(12)3(10)4(11)6(13)15-7/h3-5,7,10-12,14H,1-2H3/t3-,4+,5+,7?,9-/m1/s1. The average molecular weight is 218 g/mol. The lowest BCUT2D eigenvalue weighted by molar-refractivity contribution is -0.164. The van der Waals surface area contributed by atoms with Crippen molar-refractivity contribution >= 4 is 5.97 Å². The first kappa shape index (κ1) is 10.8. The first-order chi connectivity index (χ1) is 6.74. The molecule has 4 N–H and O–H groups in total. The minimum absolute atomic E-state index is 0.816. The summed E-state index contributed by atoms with van der Waals surface area (Å²) >= 11 is 0. The summed E-state index contributed by atoms with van der Waals surface area (Å²) in [4.78, 5) is 11.2. The SMILES string of the molecule is CC1(C)C2OC(=O)[C@@H](O)[C@@H](O)[C@H](O)[C@@]21O. The number of fused-ring (bicyclic) bond motifs is 1. The molecule has 2 fully saturated rings. The Balaban J connectivity index is 2.36. The molecular weight excluding hydrogens is 204 g/mol. The Morgan fingerprint density at radius 1 is 1.27 bits per heavy atom. The molecule has 6 heteroatoms. The van der Waals surface area contributed by atoms with Crippen molar-refractivity contribution in [1.29, 1.82) is 0 Å². The van der Waals surface area contributed by atoms with Crippen molar-refractivity contribution in [2.24, 2.45) is 5.41 Å². The lowest BCUT2D eigenvalue weighted by Gasteiger charge is -2.24. The van der Waals surface area contributed by atoms with Crippen molar-refractivity contribution in [3.63, 3.8) is 0 Å². The van der Waals surface area contributed by atoms with Gasteiger partial charge in [0.1, 0.15) is 23.9 Å². The van der Waals surface area contributed by atoms with Crippen LogP contribution in [0.25, 0.3) is 0 Å². The number of aliphatic hydroxyl groups is 4. The molecule has 1 aliphatic carbocycles. The Labute approximate surface area is 86.1 Å². The van der Waals surface area contributed by atoms with Crippen LogP contribution in [0.5, 0.6) is 0 Å². The molecule has 1 aliphatic heterocycles. The van der Waals surface area contributed by atoms with E-state index in [0.717, 1.165) is 0 Å². The van der Waals surface area contributed by atoms with Crippen LogP contribution in [0, 0.1) is 5.41 Å². The van der Waals surface area contributed by atoms with Crippen molar-refractivity contribution in [1.82, 2.24) is 0 Å². The van der Waals surface area contributed by atoms with Crippen LogP contribution >= 0.6 is 0 Å². The van der Waals surface area contributed by atoms with Gasteiger partial charge in [-0.3, -0.25) is 0 Å². The zero-order chi connectivity index (χ0) is 11.6. The second-order valence-electron chi connectivity index (χ2n) is 4.74. The molecule has 1 unspecified atom stereocenters. The third kappa shape index (κ3) is 1.05. The summed E-state index contributed by atoms with van der Waals surface area (Å²) in [5.74, 6) is -1.02. The fraction of sp³-hybridized carbons (Fsp3) is 0.889. The fourth-order valence-electron chi connectivity index (χ4n) is 2.26. The summed E-state index contributed by atoms with van der Waals surface area (Å²) in [5.41, 5.74) is -2.50. The molecule has 1 heterocycles. The van der Waals surface area contributed by atoms with Gasteiger partial charge in [0, 0.05) is 5.41 Å². The third-order valence-corrected chi connectivity index (χ3v) is 3.58. The molecule has 1 saturated heterocycles. The van der Waals surface area contributed by atoms with Crippen molar-refractivity contribution in [3.05, 3.63) is 0 Å². The molecule has 0 bridgehead atoms. The molecule has 0 radical (unpaired) electrons. The molecule has 0 aromatic heterocycles. The van der Waals surface area contributed by atoms with Crippen LogP contribution in [0.2, 0.25) is 0 Å². The zero-order valence-corrected chi connectivity index (χ0v) is 8.41. The molecule has 86 valence electrons. The molecule has 5 atom stereocenters. The minimum atomic E-state index is -1.81. The molecule has 2 rings (SSSR count). The average Bonchev–Trinajstić information content (AvgIpc) is 2.61. The highest BCUT2D eigenvalue weighted by Crippen LogP contribution is 2.61. The maximum absolute atomic E-state index is 11.2. The summed E-state index contributed by atoms with van der Waals surface area (Å²) in [6.45, 7) is 3.22. The largest absolute Gasteiger partial charge is 0.456 e. The van der Waals surface area contributed by atoms with E-state index in [0.29, 0.717) is 0 Å². The van der Waals surface area contributed by atoms with E-state index >= 15 is 0 Å². The molecule has 6 nitrogen and oxygen atoms in total. The predicted octanol–water partition coefficient (Wildman–Crippen LogP) is -2.23. The van der Waals surface area contributed by atoms with E-state index in [2.05, 4.69) is 0 Å². The summed E-state index contributed by atoms with van der Waals surface area (Å²) in [7, 11) is 0. The van der Waals surface area contributed by atoms with Gasteiger partial charge in [0.2, 0.25) is 0 Å². The van der Waals surface area contributed by atoms with Crippen LogP contribution in [0.1, 0.15) is 13.8 Å². The van der Waals surface area contributed by atoms with Crippen LogP contribution in [0.15, 0.2) is 0 Å². The van der Waals surface area contributed by atoms with Gasteiger partial charge < -0.3 is 25.2 Å². The van der Waals surface area contributed by atoms with Crippen molar-refractivity contribution in [2.45, 2.75) is 43.9 Å². The number of ether oxygens (including phenoxy) is 1. The van der Waals surface area contributed by atoms with Gasteiger partial charge in [0.25, 0.3) is 0 Å². The van der Waals surface area contributed by atoms with Gasteiger partial charge >= 0.3 is 5.97 Å². The summed E-state index contributed by atoms with van der Waals surface area (Å²) in [6, 6.07) is 0. The van der Waals surface area contributed by atoms with Crippen LogP contribution in [-0.2, 0) is 9.53 Å². The predicted molar refractivity (Wildman–Crippen MR) is 46.6 cm³/mol. The third-order valence-electron chi connectivity index (χ3n) is 3.58. The fourth-order valence-corrected chi connectivity index (χ4v) is 2.26. The Morgan fingerprint density at radius 3 is 2.33 bits per heavy atom. The van der Waals surface area contributed by atoms with E-state index in [1.54, 1.807) is 13.8 Å². The van der Waals surface area contributed by atoms with Crippen LogP contribution in [-0.4, -0.2) is 56.4 Å². The number of carbonyl (C=O) groups excluding carboxylic acids is 1. The Kier molecular flexibility index (Phi) is 1.95. The van der Waals surface area contributed by atoms with E-state index in [1.807, 2.05) is 0 Å². The second-order valence-corrected chi connectivity index (χ2v) is 4.74. The van der Waals surface area contributed by atoms with E-state index in [9.17, 15) is 25.2 Å². The number of hydrogen-bond acceptors (Lipinski definition) is 6. The van der Waals surface area contributed by atoms with Crippen LogP contribution in [0.3, 0.4) is 0 Å². The lowest BCUT2D eigenvalue weighted by atomic mass is 9.95. The van der Waals surface area contributed by atoms with Gasteiger partial charge in [-0.15, -0.1) is 0 Å². The molecule has 2 aliphatic rings. The molecule has 0 amide bonds. The first-order valence-electron chi connectivity index (χ1n) is 4.71. The molecule has 1 saturated carbocycles. The zero-order valence-electron chi connectivity index (χ0n) is 8.41. The Bertz CT molecular complexity index is 314. The van der Waals surface area contributed by atoms with Gasteiger partial charge in [-0.2, -0.15) is 0 Å². The number of aliphatic hydroxyl groups excluding tert-OH is 3. The molecular formula is C9H14O6. The first-order valence-corrected chi connectivity index (χ1v) is 4.71.